The standard InChI is InChI=1S/C15H16N4O2S/c20-8-17-14-4-10-6-16-11(5-12(10)22-14)15(21)18-13-3-9-1-2-19(13)7-9/h4-6,8-9,13H,1-3,7H2,(H,17,20)(H,18,21). The molecule has 0 aliphatic carbocycles. The SMILES string of the molecule is O=CNc1cc2cnc(C(=O)NC3CC4CCN3C4)cc2s1. The molecule has 114 valence electrons. The van der Waals surface area contributed by atoms with Crippen molar-refractivity contribution >= 4 is 38.7 Å². The van der Waals surface area contributed by atoms with Crippen molar-refractivity contribution in [1.29, 1.82) is 0 Å². The highest BCUT2D eigenvalue weighted by Gasteiger charge is 2.38. The third-order valence-electron chi connectivity index (χ3n) is 4.45. The second-order valence-electron chi connectivity index (χ2n) is 5.85. The molecule has 2 amide bonds. The Bertz CT molecular complexity index is 744. The van der Waals surface area contributed by atoms with Crippen molar-refractivity contribution in [3.05, 3.63) is 24.0 Å². The number of rotatable bonds is 4. The number of carbonyl (C=O) groups is 2. The molecular weight excluding hydrogens is 300 g/mol. The van der Waals surface area contributed by atoms with Crippen LogP contribution >= 0.6 is 11.3 Å². The van der Waals surface area contributed by atoms with E-state index in [2.05, 4.69) is 20.5 Å². The fraction of sp³-hybridized carbons (Fsp3) is 0.400. The third kappa shape index (κ3) is 2.36. The van der Waals surface area contributed by atoms with Gasteiger partial charge in [-0.3, -0.25) is 19.5 Å². The van der Waals surface area contributed by atoms with Crippen molar-refractivity contribution in [1.82, 2.24) is 15.2 Å². The third-order valence-corrected chi connectivity index (χ3v) is 5.48. The molecule has 0 aromatic carbocycles. The lowest BCUT2D eigenvalue weighted by Crippen LogP contribution is -2.45. The lowest BCUT2D eigenvalue weighted by atomic mass is 10.0. The van der Waals surface area contributed by atoms with Gasteiger partial charge in [-0.1, -0.05) is 0 Å². The lowest BCUT2D eigenvalue weighted by Gasteiger charge is -2.25. The summed E-state index contributed by atoms with van der Waals surface area (Å²) in [6.45, 7) is 2.18. The topological polar surface area (TPSA) is 74.3 Å². The van der Waals surface area contributed by atoms with Crippen LogP contribution in [0.4, 0.5) is 5.00 Å². The van der Waals surface area contributed by atoms with Crippen LogP contribution in [0.3, 0.4) is 0 Å². The first-order valence-electron chi connectivity index (χ1n) is 7.37. The monoisotopic (exact) mass is 316 g/mol. The van der Waals surface area contributed by atoms with E-state index in [0.717, 1.165) is 40.5 Å². The van der Waals surface area contributed by atoms with Crippen LogP contribution in [-0.2, 0) is 4.79 Å². The molecule has 7 heteroatoms. The van der Waals surface area contributed by atoms with Gasteiger partial charge in [0.25, 0.3) is 5.91 Å². The number of fused-ring (bicyclic) bond motifs is 3. The van der Waals surface area contributed by atoms with Gasteiger partial charge in [-0.15, -0.1) is 11.3 Å². The van der Waals surface area contributed by atoms with Crippen LogP contribution in [0, 0.1) is 5.92 Å². The van der Waals surface area contributed by atoms with Gasteiger partial charge >= 0.3 is 0 Å². The van der Waals surface area contributed by atoms with E-state index in [4.69, 9.17) is 0 Å². The number of amides is 2. The van der Waals surface area contributed by atoms with Crippen molar-refractivity contribution in [2.45, 2.75) is 19.0 Å². The molecule has 0 spiro atoms. The van der Waals surface area contributed by atoms with E-state index in [1.165, 1.54) is 17.8 Å². The van der Waals surface area contributed by atoms with E-state index in [1.807, 2.05) is 6.07 Å². The first kappa shape index (κ1) is 13.7. The lowest BCUT2D eigenvalue weighted by molar-refractivity contribution is -0.105. The predicted molar refractivity (Wildman–Crippen MR) is 84.9 cm³/mol. The minimum Gasteiger partial charge on any atom is -0.335 e. The maximum Gasteiger partial charge on any atom is 0.271 e. The largest absolute Gasteiger partial charge is 0.335 e. The maximum absolute atomic E-state index is 12.4. The number of thiophene rings is 1. The predicted octanol–water partition coefficient (Wildman–Crippen LogP) is 1.65. The summed E-state index contributed by atoms with van der Waals surface area (Å²) in [6.07, 6.45) is 4.77. The van der Waals surface area contributed by atoms with Crippen molar-refractivity contribution < 1.29 is 9.59 Å². The molecule has 4 rings (SSSR count). The van der Waals surface area contributed by atoms with E-state index in [1.54, 1.807) is 12.3 Å². The van der Waals surface area contributed by atoms with Crippen molar-refractivity contribution in [3.8, 4) is 0 Å². The summed E-state index contributed by atoms with van der Waals surface area (Å²) in [7, 11) is 0. The number of aromatic nitrogens is 1. The number of anilines is 1. The number of carbonyl (C=O) groups excluding carboxylic acids is 2. The number of piperidine rings is 1. The first-order chi connectivity index (χ1) is 10.7. The zero-order chi connectivity index (χ0) is 15.1. The quantitative estimate of drug-likeness (QED) is 0.841. The molecule has 2 fully saturated rings. The molecule has 0 radical (unpaired) electrons. The van der Waals surface area contributed by atoms with Gasteiger partial charge in [-0.2, -0.15) is 0 Å². The van der Waals surface area contributed by atoms with Crippen LogP contribution in [0.15, 0.2) is 18.3 Å². The summed E-state index contributed by atoms with van der Waals surface area (Å²) in [5.41, 5.74) is 0.427. The minimum absolute atomic E-state index is 0.127. The molecule has 2 aromatic rings. The Balaban J connectivity index is 1.52. The summed E-state index contributed by atoms with van der Waals surface area (Å²) >= 11 is 1.44. The van der Waals surface area contributed by atoms with Gasteiger partial charge in [0.1, 0.15) is 5.69 Å². The molecule has 3 unspecified atom stereocenters. The zero-order valence-corrected chi connectivity index (χ0v) is 12.7. The maximum atomic E-state index is 12.4. The number of nitrogens with one attached hydrogen (secondary N) is 2. The van der Waals surface area contributed by atoms with Crippen LogP contribution in [0.1, 0.15) is 23.3 Å². The Kier molecular flexibility index (Phi) is 3.31. The van der Waals surface area contributed by atoms with E-state index in [9.17, 15) is 9.59 Å². The van der Waals surface area contributed by atoms with Gasteiger partial charge in [-0.25, -0.2) is 0 Å². The molecule has 4 heterocycles. The Labute approximate surface area is 131 Å². The average molecular weight is 316 g/mol. The Morgan fingerprint density at radius 2 is 2.36 bits per heavy atom. The van der Waals surface area contributed by atoms with Gasteiger partial charge in [0.05, 0.1) is 11.2 Å². The number of hydrogen-bond donors (Lipinski definition) is 2. The second kappa shape index (κ2) is 5.33. The molecule has 2 saturated heterocycles. The molecule has 2 aromatic heterocycles. The van der Waals surface area contributed by atoms with E-state index >= 15 is 0 Å². The number of nitrogens with zero attached hydrogens (tertiary/aromatic N) is 2. The van der Waals surface area contributed by atoms with Crippen molar-refractivity contribution in [3.63, 3.8) is 0 Å². The fourth-order valence-electron chi connectivity index (χ4n) is 3.37. The Morgan fingerprint density at radius 3 is 3.09 bits per heavy atom. The molecule has 2 bridgehead atoms. The van der Waals surface area contributed by atoms with Gasteiger partial charge in [0.2, 0.25) is 6.41 Å². The second-order valence-corrected chi connectivity index (χ2v) is 6.94. The molecule has 2 N–H and O–H groups in total. The average Bonchev–Trinajstić information content (AvgIpc) is 3.20. The van der Waals surface area contributed by atoms with Crippen LogP contribution in [0.5, 0.6) is 0 Å². The molecule has 0 saturated carbocycles. The van der Waals surface area contributed by atoms with E-state index in [-0.39, 0.29) is 12.1 Å². The number of hydrogen-bond acceptors (Lipinski definition) is 5. The van der Waals surface area contributed by atoms with Crippen LogP contribution in [-0.4, -0.2) is 41.5 Å². The molecule has 2 aliphatic rings. The summed E-state index contributed by atoms with van der Waals surface area (Å²) in [5, 5.41) is 7.38. The van der Waals surface area contributed by atoms with Crippen molar-refractivity contribution in [2.24, 2.45) is 5.92 Å². The van der Waals surface area contributed by atoms with Gasteiger partial charge in [0, 0.05) is 29.4 Å². The van der Waals surface area contributed by atoms with E-state index < -0.39 is 0 Å². The highest BCUT2D eigenvalue weighted by Crippen LogP contribution is 2.32. The summed E-state index contributed by atoms with van der Waals surface area (Å²) in [4.78, 5) is 29.5. The Hall–Kier alpha value is -1.99. The first-order valence-corrected chi connectivity index (χ1v) is 8.19. The molecule has 3 atom stereocenters. The highest BCUT2D eigenvalue weighted by atomic mass is 32.1. The van der Waals surface area contributed by atoms with Gasteiger partial charge in [-0.05, 0) is 30.9 Å². The number of pyridine rings is 1. The van der Waals surface area contributed by atoms with Gasteiger partial charge < -0.3 is 10.6 Å². The normalized spacial score (nSPS) is 26.3. The molecule has 22 heavy (non-hydrogen) atoms. The zero-order valence-electron chi connectivity index (χ0n) is 11.9. The van der Waals surface area contributed by atoms with Crippen LogP contribution < -0.4 is 10.6 Å². The van der Waals surface area contributed by atoms with Crippen LogP contribution in [0.25, 0.3) is 10.1 Å². The minimum atomic E-state index is -0.127. The smallest absolute Gasteiger partial charge is 0.271 e. The van der Waals surface area contributed by atoms with E-state index in [0.29, 0.717) is 12.1 Å². The summed E-state index contributed by atoms with van der Waals surface area (Å²) in [6, 6.07) is 3.64. The molecule has 6 nitrogen and oxygen atoms in total. The molecule has 2 aliphatic heterocycles. The highest BCUT2D eigenvalue weighted by molar-refractivity contribution is 7.22. The summed E-state index contributed by atoms with van der Waals surface area (Å²) in [5.74, 6) is 0.604. The van der Waals surface area contributed by atoms with Crippen LogP contribution in [0.2, 0.25) is 0 Å². The molecular formula is C15H16N4O2S. The summed E-state index contributed by atoms with van der Waals surface area (Å²) < 4.78 is 0.942. The fourth-order valence-corrected chi connectivity index (χ4v) is 4.30. The van der Waals surface area contributed by atoms with Gasteiger partial charge in [0.15, 0.2) is 0 Å². The Morgan fingerprint density at radius 1 is 1.45 bits per heavy atom. The van der Waals surface area contributed by atoms with Crippen molar-refractivity contribution in [2.75, 3.05) is 18.4 Å².